The minimum atomic E-state index is 0.290. The monoisotopic (exact) mass is 518 g/mol. The number of hydrogen-bond acceptors (Lipinski definition) is 0. The molecule has 0 spiro atoms. The van der Waals surface area contributed by atoms with Crippen LogP contribution in [0.4, 0.5) is 0 Å². The summed E-state index contributed by atoms with van der Waals surface area (Å²) in [7, 11) is 0. The smallest absolute Gasteiger partial charge is 0.00827 e. The van der Waals surface area contributed by atoms with Gasteiger partial charge in [0.1, 0.15) is 0 Å². The molecule has 1 saturated carbocycles. The Bertz CT molecular complexity index is 1320. The van der Waals surface area contributed by atoms with E-state index >= 15 is 0 Å². The van der Waals surface area contributed by atoms with Crippen LogP contribution in [0.25, 0.3) is 17.2 Å². The molecule has 0 radical (unpaired) electrons. The van der Waals surface area contributed by atoms with Crippen molar-refractivity contribution in [2.75, 3.05) is 0 Å². The highest BCUT2D eigenvalue weighted by Gasteiger charge is 2.30. The predicted octanol–water partition coefficient (Wildman–Crippen LogP) is 11.0. The summed E-state index contributed by atoms with van der Waals surface area (Å²) in [6.45, 7) is 23.2. The van der Waals surface area contributed by atoms with Crippen molar-refractivity contribution >= 4 is 6.08 Å². The molecule has 0 saturated heterocycles. The molecule has 0 heterocycles. The van der Waals surface area contributed by atoms with Crippen LogP contribution >= 0.6 is 0 Å². The van der Waals surface area contributed by atoms with E-state index in [0.29, 0.717) is 11.8 Å². The largest absolute Gasteiger partial charge is 0.0986 e. The number of benzene rings is 2. The van der Waals surface area contributed by atoms with Gasteiger partial charge in [-0.3, -0.25) is 0 Å². The van der Waals surface area contributed by atoms with Gasteiger partial charge in [0.2, 0.25) is 0 Å². The molecule has 5 rings (SSSR count). The molecule has 206 valence electrons. The van der Waals surface area contributed by atoms with Crippen molar-refractivity contribution in [3.63, 3.8) is 0 Å². The summed E-state index contributed by atoms with van der Waals surface area (Å²) in [6, 6.07) is 11.9. The molecule has 0 heteroatoms. The molecule has 2 aromatic carbocycles. The highest BCUT2D eigenvalue weighted by atomic mass is 14.3. The van der Waals surface area contributed by atoms with Gasteiger partial charge in [0.05, 0.1) is 0 Å². The Hall–Kier alpha value is -2.60. The molecule has 1 fully saturated rings. The molecule has 3 aliphatic rings. The Morgan fingerprint density at radius 2 is 1.72 bits per heavy atom. The maximum absolute atomic E-state index is 4.62. The van der Waals surface area contributed by atoms with Gasteiger partial charge < -0.3 is 0 Å². The number of allylic oxidation sites excluding steroid dienone is 5. The quantitative estimate of drug-likeness (QED) is 0.334. The van der Waals surface area contributed by atoms with E-state index < -0.39 is 0 Å². The molecule has 0 amide bonds. The van der Waals surface area contributed by atoms with Crippen LogP contribution in [0.5, 0.6) is 0 Å². The zero-order chi connectivity index (χ0) is 27.9. The van der Waals surface area contributed by atoms with Gasteiger partial charge in [0, 0.05) is 5.92 Å². The second-order valence-corrected chi connectivity index (χ2v) is 14.3. The van der Waals surface area contributed by atoms with E-state index in [2.05, 4.69) is 103 Å². The Morgan fingerprint density at radius 1 is 0.949 bits per heavy atom. The van der Waals surface area contributed by atoms with Gasteiger partial charge >= 0.3 is 0 Å². The van der Waals surface area contributed by atoms with Crippen molar-refractivity contribution in [2.24, 2.45) is 29.1 Å². The normalized spacial score (nSPS) is 25.1. The van der Waals surface area contributed by atoms with Gasteiger partial charge in [-0.05, 0) is 108 Å². The van der Waals surface area contributed by atoms with E-state index in [-0.39, 0.29) is 5.41 Å². The zero-order valence-electron chi connectivity index (χ0n) is 25.5. The maximum Gasteiger partial charge on any atom is 0.00827 e. The van der Waals surface area contributed by atoms with Crippen LogP contribution in [0.1, 0.15) is 94.0 Å². The first-order chi connectivity index (χ1) is 18.5. The molecular weight excluding hydrogens is 468 g/mol. The van der Waals surface area contributed by atoms with Gasteiger partial charge in [-0.2, -0.15) is 0 Å². The Kier molecular flexibility index (Phi) is 7.96. The maximum atomic E-state index is 4.62. The third kappa shape index (κ3) is 6.11. The van der Waals surface area contributed by atoms with Crippen molar-refractivity contribution in [1.82, 2.24) is 0 Å². The van der Waals surface area contributed by atoms with Gasteiger partial charge in [-0.1, -0.05) is 125 Å². The van der Waals surface area contributed by atoms with E-state index in [4.69, 9.17) is 0 Å². The number of aryl methyl sites for hydroxylation is 2. The molecular formula is C39H50. The summed E-state index contributed by atoms with van der Waals surface area (Å²) in [4.78, 5) is 0. The summed E-state index contributed by atoms with van der Waals surface area (Å²) in [5.74, 6) is 2.42. The van der Waals surface area contributed by atoms with E-state index in [1.165, 1.54) is 82.2 Å². The Labute approximate surface area is 239 Å². The summed E-state index contributed by atoms with van der Waals surface area (Å²) in [5, 5.41) is 0. The summed E-state index contributed by atoms with van der Waals surface area (Å²) >= 11 is 0. The van der Waals surface area contributed by atoms with Crippen LogP contribution in [0.15, 0.2) is 72.4 Å². The minimum Gasteiger partial charge on any atom is -0.0986 e. The minimum absolute atomic E-state index is 0.290. The highest BCUT2D eigenvalue weighted by Crippen LogP contribution is 2.44. The first kappa shape index (κ1) is 27.9. The van der Waals surface area contributed by atoms with Crippen molar-refractivity contribution < 1.29 is 0 Å². The topological polar surface area (TPSA) is 0 Å². The number of fused-ring (bicyclic) bond motifs is 1. The molecule has 0 bridgehead atoms. The Balaban J connectivity index is 1.41. The lowest BCUT2D eigenvalue weighted by molar-refractivity contribution is 0.254. The third-order valence-electron chi connectivity index (χ3n) is 9.85. The molecule has 0 aromatic heterocycles. The molecule has 3 aliphatic carbocycles. The van der Waals surface area contributed by atoms with E-state index in [9.17, 15) is 0 Å². The number of rotatable bonds is 6. The first-order valence-corrected chi connectivity index (χ1v) is 15.5. The molecule has 39 heavy (non-hydrogen) atoms. The fourth-order valence-corrected chi connectivity index (χ4v) is 7.65. The van der Waals surface area contributed by atoms with Gasteiger partial charge in [-0.15, -0.1) is 0 Å². The lowest BCUT2D eigenvalue weighted by Crippen LogP contribution is -2.21. The second-order valence-electron chi connectivity index (χ2n) is 14.3. The lowest BCUT2D eigenvalue weighted by atomic mass is 9.71. The zero-order valence-corrected chi connectivity index (χ0v) is 25.5. The summed E-state index contributed by atoms with van der Waals surface area (Å²) < 4.78 is 0. The van der Waals surface area contributed by atoms with Crippen molar-refractivity contribution in [3.05, 3.63) is 100 Å². The highest BCUT2D eigenvalue weighted by molar-refractivity contribution is 5.80. The molecule has 0 nitrogen and oxygen atoms in total. The van der Waals surface area contributed by atoms with Crippen LogP contribution in [0.3, 0.4) is 0 Å². The molecule has 2 unspecified atom stereocenters. The Morgan fingerprint density at radius 3 is 2.46 bits per heavy atom. The molecule has 0 aliphatic heterocycles. The van der Waals surface area contributed by atoms with Crippen molar-refractivity contribution in [3.8, 4) is 11.1 Å². The van der Waals surface area contributed by atoms with Crippen LogP contribution < -0.4 is 0 Å². The predicted molar refractivity (Wildman–Crippen MR) is 171 cm³/mol. The first-order valence-electron chi connectivity index (χ1n) is 15.5. The van der Waals surface area contributed by atoms with E-state index in [0.717, 1.165) is 31.1 Å². The summed E-state index contributed by atoms with van der Waals surface area (Å²) in [6.07, 6.45) is 17.1. The molecule has 2 aromatic rings. The fraction of sp³-hybridized carbons (Fsp3) is 0.487. The van der Waals surface area contributed by atoms with Crippen molar-refractivity contribution in [1.29, 1.82) is 0 Å². The third-order valence-corrected chi connectivity index (χ3v) is 9.85. The van der Waals surface area contributed by atoms with E-state index in [1.807, 2.05) is 0 Å². The fourth-order valence-electron chi connectivity index (χ4n) is 7.65. The molecule has 4 atom stereocenters. The molecule has 0 N–H and O–H groups in total. The van der Waals surface area contributed by atoms with E-state index in [1.54, 1.807) is 5.56 Å². The number of hydrogen-bond donors (Lipinski definition) is 0. The van der Waals surface area contributed by atoms with Crippen LogP contribution in [-0.4, -0.2) is 0 Å². The van der Waals surface area contributed by atoms with Crippen molar-refractivity contribution in [2.45, 2.75) is 92.9 Å². The van der Waals surface area contributed by atoms with Gasteiger partial charge in [-0.25, -0.2) is 0 Å². The average molecular weight is 519 g/mol. The van der Waals surface area contributed by atoms with Gasteiger partial charge in [0.25, 0.3) is 0 Å². The van der Waals surface area contributed by atoms with Crippen LogP contribution in [-0.2, 0) is 12.8 Å². The van der Waals surface area contributed by atoms with Crippen LogP contribution in [0, 0.1) is 42.9 Å². The lowest BCUT2D eigenvalue weighted by Gasteiger charge is -2.33. The van der Waals surface area contributed by atoms with Gasteiger partial charge in [0.15, 0.2) is 0 Å². The standard InChI is InChI=1S/C39H50/c1-25-18-28(4)36(23-31-13-10-9-12-26(31)2)38(19-25)34-15-11-14-32-20-30(22-37(32)34)21-35-27(3)16-17-33(29(35)5)24-39(6,7)8/h11,14-20,26,31,33,35H,3,5,9-10,12-13,21-24H2,1-2,4,6-8H3/t26-,31-,33?,35?/m0/s1. The average Bonchev–Trinajstić information content (AvgIpc) is 3.28. The van der Waals surface area contributed by atoms with Crippen LogP contribution in [0.2, 0.25) is 0 Å². The summed E-state index contributed by atoms with van der Waals surface area (Å²) in [5.41, 5.74) is 14.7. The SMILES string of the molecule is C=C1C=CC(CC(C)(C)C)C(=C)C1CC1=Cc2cccc(-c3cc(C)cc(C)c3C[C@@H]3CCCC[C@@H]3C)c2C1. The second kappa shape index (κ2) is 11.1.